The van der Waals surface area contributed by atoms with Crippen molar-refractivity contribution in [1.29, 1.82) is 0 Å². The second kappa shape index (κ2) is 15.4. The molecule has 156 valence electrons. The molecule has 0 aliphatic heterocycles. The molecule has 0 saturated heterocycles. The van der Waals surface area contributed by atoms with Gasteiger partial charge < -0.3 is 14.2 Å². The van der Waals surface area contributed by atoms with E-state index in [-0.39, 0.29) is 18.4 Å². The van der Waals surface area contributed by atoms with E-state index < -0.39 is 5.41 Å². The van der Waals surface area contributed by atoms with Crippen molar-refractivity contribution >= 4 is 5.97 Å². The average molecular weight is 373 g/mol. The van der Waals surface area contributed by atoms with Crippen LogP contribution in [0.3, 0.4) is 0 Å². The highest BCUT2D eigenvalue weighted by Gasteiger charge is 2.24. The lowest BCUT2D eigenvalue weighted by Gasteiger charge is -2.21. The fourth-order valence-electron chi connectivity index (χ4n) is 2.45. The van der Waals surface area contributed by atoms with E-state index in [0.717, 1.165) is 71.0 Å². The van der Waals surface area contributed by atoms with Gasteiger partial charge in [0, 0.05) is 13.2 Å². The number of esters is 1. The Morgan fingerprint density at radius 2 is 1.31 bits per heavy atom. The predicted octanol–water partition coefficient (Wildman–Crippen LogP) is 6.26. The highest BCUT2D eigenvalue weighted by Crippen LogP contribution is 2.18. The van der Waals surface area contributed by atoms with Gasteiger partial charge in [-0.2, -0.15) is 0 Å². The van der Waals surface area contributed by atoms with Crippen LogP contribution in [0.1, 0.15) is 106 Å². The van der Waals surface area contributed by atoms with Gasteiger partial charge in [0.25, 0.3) is 0 Å². The smallest absolute Gasteiger partial charge is 0.311 e. The minimum atomic E-state index is -0.418. The molecule has 1 atom stereocenters. The van der Waals surface area contributed by atoms with Crippen LogP contribution in [0.15, 0.2) is 0 Å². The molecular weight excluding hydrogens is 328 g/mol. The largest absolute Gasteiger partial charge is 0.462 e. The predicted molar refractivity (Wildman–Crippen MR) is 108 cm³/mol. The summed E-state index contributed by atoms with van der Waals surface area (Å²) in [5, 5.41) is 0. The summed E-state index contributed by atoms with van der Waals surface area (Å²) < 4.78 is 17.2. The Kier molecular flexibility index (Phi) is 15.1. The quantitative estimate of drug-likeness (QED) is 0.182. The zero-order chi connectivity index (χ0) is 19.8. The number of hydrogen-bond donors (Lipinski definition) is 0. The molecule has 0 N–H and O–H groups in total. The molecular formula is C22H44O4. The van der Waals surface area contributed by atoms with Crippen LogP contribution in [0.2, 0.25) is 0 Å². The molecule has 4 heteroatoms. The normalized spacial score (nSPS) is 13.2. The van der Waals surface area contributed by atoms with Crippen LogP contribution in [0.4, 0.5) is 0 Å². The van der Waals surface area contributed by atoms with E-state index in [4.69, 9.17) is 14.2 Å². The zero-order valence-corrected chi connectivity index (χ0v) is 18.3. The van der Waals surface area contributed by atoms with Crippen molar-refractivity contribution in [3.63, 3.8) is 0 Å². The maximum absolute atomic E-state index is 11.9. The van der Waals surface area contributed by atoms with Gasteiger partial charge in [-0.05, 0) is 66.2 Å². The fraction of sp³-hybridized carbons (Fsp3) is 0.955. The Bertz CT molecular complexity index is 326. The summed E-state index contributed by atoms with van der Waals surface area (Å²) in [6, 6.07) is 0. The van der Waals surface area contributed by atoms with Gasteiger partial charge in [0.1, 0.15) is 0 Å². The van der Waals surface area contributed by atoms with Crippen molar-refractivity contribution in [1.82, 2.24) is 0 Å². The van der Waals surface area contributed by atoms with E-state index in [9.17, 15) is 4.79 Å². The van der Waals surface area contributed by atoms with Crippen LogP contribution in [-0.4, -0.2) is 31.6 Å². The molecule has 0 radical (unpaired) electrons. The third kappa shape index (κ3) is 14.5. The first-order valence-electron chi connectivity index (χ1n) is 10.8. The van der Waals surface area contributed by atoms with Gasteiger partial charge in [0.05, 0.1) is 11.5 Å². The Morgan fingerprint density at radius 1 is 0.808 bits per heavy atom. The lowest BCUT2D eigenvalue weighted by atomic mass is 9.97. The lowest BCUT2D eigenvalue weighted by Crippen LogP contribution is -2.26. The molecule has 0 aliphatic rings. The molecule has 1 unspecified atom stereocenters. The lowest BCUT2D eigenvalue weighted by molar-refractivity contribution is -0.158. The molecule has 4 nitrogen and oxygen atoms in total. The molecule has 0 saturated carbocycles. The van der Waals surface area contributed by atoms with E-state index in [1.165, 1.54) is 6.42 Å². The molecule has 0 aromatic rings. The standard InChI is InChI=1S/C22H44O4/c1-7-9-17-24-20(25-18-10-8-2)16-14-12-11-13-15-19(3)26-21(23)22(4,5)6/h19-20H,7-18H2,1-6H3. The minimum Gasteiger partial charge on any atom is -0.462 e. The molecule has 0 amide bonds. The van der Waals surface area contributed by atoms with Crippen LogP contribution in [-0.2, 0) is 19.0 Å². The van der Waals surface area contributed by atoms with Crippen molar-refractivity contribution in [2.75, 3.05) is 13.2 Å². The molecule has 0 heterocycles. The summed E-state index contributed by atoms with van der Waals surface area (Å²) >= 11 is 0. The molecule has 0 rings (SSSR count). The van der Waals surface area contributed by atoms with Gasteiger partial charge in [-0.25, -0.2) is 0 Å². The summed E-state index contributed by atoms with van der Waals surface area (Å²) in [4.78, 5) is 11.9. The maximum atomic E-state index is 11.9. The summed E-state index contributed by atoms with van der Waals surface area (Å²) in [7, 11) is 0. The summed E-state index contributed by atoms with van der Waals surface area (Å²) in [5.74, 6) is -0.110. The van der Waals surface area contributed by atoms with E-state index >= 15 is 0 Å². The first-order chi connectivity index (χ1) is 12.3. The van der Waals surface area contributed by atoms with E-state index in [1.54, 1.807) is 0 Å². The SMILES string of the molecule is CCCCOC(CCCCCCC(C)OC(=O)C(C)(C)C)OCCCC. The van der Waals surface area contributed by atoms with Crippen molar-refractivity contribution in [3.8, 4) is 0 Å². The van der Waals surface area contributed by atoms with Crippen molar-refractivity contribution < 1.29 is 19.0 Å². The molecule has 0 fully saturated rings. The number of hydrogen-bond acceptors (Lipinski definition) is 4. The van der Waals surface area contributed by atoms with Crippen LogP contribution < -0.4 is 0 Å². The van der Waals surface area contributed by atoms with E-state index in [0.29, 0.717) is 0 Å². The van der Waals surface area contributed by atoms with Crippen LogP contribution in [0.25, 0.3) is 0 Å². The number of unbranched alkanes of at least 4 members (excludes halogenated alkanes) is 5. The molecule has 0 aliphatic carbocycles. The first kappa shape index (κ1) is 25.4. The maximum Gasteiger partial charge on any atom is 0.311 e. The zero-order valence-electron chi connectivity index (χ0n) is 18.3. The Labute approximate surface area is 162 Å². The highest BCUT2D eigenvalue weighted by atomic mass is 16.7. The Hall–Kier alpha value is -0.610. The second-order valence-electron chi connectivity index (χ2n) is 8.34. The average Bonchev–Trinajstić information content (AvgIpc) is 2.56. The second-order valence-corrected chi connectivity index (χ2v) is 8.34. The van der Waals surface area contributed by atoms with Gasteiger partial charge in [0.2, 0.25) is 0 Å². The van der Waals surface area contributed by atoms with Crippen molar-refractivity contribution in [3.05, 3.63) is 0 Å². The molecule has 26 heavy (non-hydrogen) atoms. The van der Waals surface area contributed by atoms with Crippen LogP contribution in [0.5, 0.6) is 0 Å². The number of carbonyl (C=O) groups is 1. The molecule has 0 aromatic heterocycles. The van der Waals surface area contributed by atoms with E-state index in [1.807, 2.05) is 27.7 Å². The van der Waals surface area contributed by atoms with Gasteiger partial charge in [0.15, 0.2) is 6.29 Å². The molecule has 0 bridgehead atoms. The topological polar surface area (TPSA) is 44.8 Å². The van der Waals surface area contributed by atoms with E-state index in [2.05, 4.69) is 13.8 Å². The third-order valence-corrected chi connectivity index (χ3v) is 4.32. The summed E-state index contributed by atoms with van der Waals surface area (Å²) in [6.45, 7) is 13.6. The van der Waals surface area contributed by atoms with Crippen molar-refractivity contribution in [2.45, 2.75) is 118 Å². The Balaban J connectivity index is 3.82. The minimum absolute atomic E-state index is 0.00391. The number of carbonyl (C=O) groups excluding carboxylic acids is 1. The molecule has 0 spiro atoms. The summed E-state index contributed by atoms with van der Waals surface area (Å²) in [5.41, 5.74) is -0.418. The monoisotopic (exact) mass is 372 g/mol. The highest BCUT2D eigenvalue weighted by molar-refractivity contribution is 5.75. The van der Waals surface area contributed by atoms with Crippen LogP contribution in [0, 0.1) is 5.41 Å². The first-order valence-corrected chi connectivity index (χ1v) is 10.8. The number of ether oxygens (including phenoxy) is 3. The summed E-state index contributed by atoms with van der Waals surface area (Å²) in [6.07, 6.45) is 10.9. The number of rotatable bonds is 16. The Morgan fingerprint density at radius 3 is 1.77 bits per heavy atom. The third-order valence-electron chi connectivity index (χ3n) is 4.32. The molecule has 0 aromatic carbocycles. The van der Waals surface area contributed by atoms with Gasteiger partial charge >= 0.3 is 5.97 Å². The fourth-order valence-corrected chi connectivity index (χ4v) is 2.45. The van der Waals surface area contributed by atoms with Crippen LogP contribution >= 0.6 is 0 Å². The van der Waals surface area contributed by atoms with Gasteiger partial charge in [-0.15, -0.1) is 0 Å². The van der Waals surface area contributed by atoms with Gasteiger partial charge in [-0.3, -0.25) is 4.79 Å². The van der Waals surface area contributed by atoms with Gasteiger partial charge in [-0.1, -0.05) is 39.5 Å². The van der Waals surface area contributed by atoms with Crippen molar-refractivity contribution in [2.24, 2.45) is 5.41 Å².